The van der Waals surface area contributed by atoms with Crippen LogP contribution in [-0.4, -0.2) is 13.0 Å². The zero-order chi connectivity index (χ0) is 16.0. The predicted octanol–water partition coefficient (Wildman–Crippen LogP) is 4.48. The first-order valence-corrected chi connectivity index (χ1v) is 7.69. The molecule has 0 saturated carbocycles. The molecule has 1 amide bonds. The van der Waals surface area contributed by atoms with Gasteiger partial charge in [0, 0.05) is 25.1 Å². The van der Waals surface area contributed by atoms with Gasteiger partial charge < -0.3 is 4.90 Å². The molecule has 0 aromatic heterocycles. The first-order chi connectivity index (χ1) is 11.2. The van der Waals surface area contributed by atoms with Crippen LogP contribution in [0.1, 0.15) is 23.5 Å². The Hall–Kier alpha value is -2.68. The zero-order valence-corrected chi connectivity index (χ0v) is 12.8. The van der Waals surface area contributed by atoms with E-state index in [0.717, 1.165) is 22.0 Å². The molecular formula is C20H16FNO. The van der Waals surface area contributed by atoms with Gasteiger partial charge in [-0.2, -0.15) is 0 Å². The molecule has 1 atom stereocenters. The van der Waals surface area contributed by atoms with Crippen molar-refractivity contribution in [3.8, 4) is 0 Å². The van der Waals surface area contributed by atoms with Gasteiger partial charge in [-0.05, 0) is 34.0 Å². The molecule has 1 aliphatic rings. The summed E-state index contributed by atoms with van der Waals surface area (Å²) in [7, 11) is 1.79. The number of carbonyl (C=O) groups excluding carboxylic acids is 1. The van der Waals surface area contributed by atoms with Gasteiger partial charge in [0.2, 0.25) is 5.91 Å². The number of halogens is 1. The second-order valence-electron chi connectivity index (χ2n) is 5.95. The highest BCUT2D eigenvalue weighted by Crippen LogP contribution is 2.43. The van der Waals surface area contributed by atoms with Gasteiger partial charge in [-0.3, -0.25) is 4.79 Å². The van der Waals surface area contributed by atoms with Crippen LogP contribution >= 0.6 is 0 Å². The van der Waals surface area contributed by atoms with E-state index < -0.39 is 0 Å². The quantitative estimate of drug-likeness (QED) is 0.649. The predicted molar refractivity (Wildman–Crippen MR) is 90.2 cm³/mol. The summed E-state index contributed by atoms with van der Waals surface area (Å²) in [5, 5.41) is 2.19. The summed E-state index contributed by atoms with van der Waals surface area (Å²) in [5.74, 6) is -0.490. The lowest BCUT2D eigenvalue weighted by Gasteiger charge is -2.33. The lowest BCUT2D eigenvalue weighted by Crippen LogP contribution is -2.33. The topological polar surface area (TPSA) is 20.3 Å². The van der Waals surface area contributed by atoms with Crippen molar-refractivity contribution >= 4 is 22.4 Å². The number of nitrogens with zero attached hydrogens (tertiary/aromatic N) is 1. The standard InChI is InChI=1S/C20H16FNO/c1-22-18-11-10-13-6-2-3-7-14(13)20(18)16(12-19(22)23)15-8-4-5-9-17(15)21/h2-11,16H,12H2,1H3. The molecule has 2 nitrogen and oxygen atoms in total. The van der Waals surface area contributed by atoms with Gasteiger partial charge in [-0.15, -0.1) is 0 Å². The first-order valence-electron chi connectivity index (χ1n) is 7.69. The fraction of sp³-hybridized carbons (Fsp3) is 0.150. The van der Waals surface area contributed by atoms with Crippen molar-refractivity contribution in [3.05, 3.63) is 77.6 Å². The maximum atomic E-state index is 14.4. The van der Waals surface area contributed by atoms with E-state index in [2.05, 4.69) is 0 Å². The molecule has 0 spiro atoms. The van der Waals surface area contributed by atoms with Gasteiger partial charge >= 0.3 is 0 Å². The van der Waals surface area contributed by atoms with Crippen LogP contribution in [0, 0.1) is 5.82 Å². The Labute approximate surface area is 134 Å². The second kappa shape index (κ2) is 5.20. The molecule has 114 valence electrons. The molecule has 0 N–H and O–H groups in total. The summed E-state index contributed by atoms with van der Waals surface area (Å²) < 4.78 is 14.4. The minimum absolute atomic E-state index is 0.0148. The van der Waals surface area contributed by atoms with Crippen molar-refractivity contribution < 1.29 is 9.18 Å². The van der Waals surface area contributed by atoms with Crippen LogP contribution in [0.25, 0.3) is 10.8 Å². The van der Waals surface area contributed by atoms with Crippen LogP contribution in [0.5, 0.6) is 0 Å². The highest BCUT2D eigenvalue weighted by atomic mass is 19.1. The molecule has 0 radical (unpaired) electrons. The minimum Gasteiger partial charge on any atom is -0.315 e. The summed E-state index contributed by atoms with van der Waals surface area (Å²) in [6, 6.07) is 18.8. The van der Waals surface area contributed by atoms with Gasteiger partial charge in [0.1, 0.15) is 5.82 Å². The monoisotopic (exact) mass is 305 g/mol. The highest BCUT2D eigenvalue weighted by Gasteiger charge is 2.32. The molecule has 0 bridgehead atoms. The number of fused-ring (bicyclic) bond motifs is 3. The molecule has 3 aromatic carbocycles. The van der Waals surface area contributed by atoms with E-state index in [-0.39, 0.29) is 17.6 Å². The molecule has 3 heteroatoms. The van der Waals surface area contributed by atoms with Crippen molar-refractivity contribution in [2.24, 2.45) is 0 Å². The summed E-state index contributed by atoms with van der Waals surface area (Å²) in [6.07, 6.45) is 0.290. The number of anilines is 1. The molecule has 1 unspecified atom stereocenters. The largest absolute Gasteiger partial charge is 0.315 e. The molecule has 4 rings (SSSR count). The molecule has 1 aliphatic heterocycles. The van der Waals surface area contributed by atoms with Crippen molar-refractivity contribution in [2.75, 3.05) is 11.9 Å². The Morgan fingerprint density at radius 2 is 1.74 bits per heavy atom. The SMILES string of the molecule is CN1C(=O)CC(c2ccccc2F)c2c1ccc1ccccc21. The number of benzene rings is 3. The molecule has 23 heavy (non-hydrogen) atoms. The van der Waals surface area contributed by atoms with E-state index in [0.29, 0.717) is 12.0 Å². The first kappa shape index (κ1) is 13.9. The van der Waals surface area contributed by atoms with Crippen LogP contribution in [-0.2, 0) is 4.79 Å². The molecule has 0 aliphatic carbocycles. The fourth-order valence-electron chi connectivity index (χ4n) is 3.51. The van der Waals surface area contributed by atoms with Crippen LogP contribution in [0.3, 0.4) is 0 Å². The Kier molecular flexibility index (Phi) is 3.15. The third kappa shape index (κ3) is 2.12. The van der Waals surface area contributed by atoms with Crippen LogP contribution in [0.4, 0.5) is 10.1 Å². The number of hydrogen-bond donors (Lipinski definition) is 0. The lowest BCUT2D eigenvalue weighted by atomic mass is 9.81. The Balaban J connectivity index is 2.04. The number of rotatable bonds is 1. The fourth-order valence-corrected chi connectivity index (χ4v) is 3.51. The van der Waals surface area contributed by atoms with Gasteiger partial charge in [0.25, 0.3) is 0 Å². The van der Waals surface area contributed by atoms with Gasteiger partial charge in [0.15, 0.2) is 0 Å². The van der Waals surface area contributed by atoms with Gasteiger partial charge in [0.05, 0.1) is 0 Å². The van der Waals surface area contributed by atoms with E-state index in [1.54, 1.807) is 24.1 Å². The van der Waals surface area contributed by atoms with Gasteiger partial charge in [-0.1, -0.05) is 48.5 Å². The van der Waals surface area contributed by atoms with Crippen molar-refractivity contribution in [1.29, 1.82) is 0 Å². The van der Waals surface area contributed by atoms with E-state index >= 15 is 0 Å². The number of amides is 1. The van der Waals surface area contributed by atoms with Crippen molar-refractivity contribution in [3.63, 3.8) is 0 Å². The summed E-state index contributed by atoms with van der Waals surface area (Å²) >= 11 is 0. The van der Waals surface area contributed by atoms with Crippen LogP contribution in [0.2, 0.25) is 0 Å². The van der Waals surface area contributed by atoms with E-state index in [4.69, 9.17) is 0 Å². The average Bonchev–Trinajstić information content (AvgIpc) is 2.58. The highest BCUT2D eigenvalue weighted by molar-refractivity contribution is 6.02. The maximum Gasteiger partial charge on any atom is 0.227 e. The molecule has 0 fully saturated rings. The minimum atomic E-state index is -0.256. The smallest absolute Gasteiger partial charge is 0.227 e. The maximum absolute atomic E-state index is 14.4. The Morgan fingerprint density at radius 3 is 2.57 bits per heavy atom. The summed E-state index contributed by atoms with van der Waals surface area (Å²) in [5.41, 5.74) is 2.50. The molecule has 1 heterocycles. The zero-order valence-electron chi connectivity index (χ0n) is 12.8. The average molecular weight is 305 g/mol. The molecule has 0 saturated heterocycles. The van der Waals surface area contributed by atoms with Gasteiger partial charge in [-0.25, -0.2) is 4.39 Å². The lowest BCUT2D eigenvalue weighted by molar-refractivity contribution is -0.118. The Bertz CT molecular complexity index is 918. The number of hydrogen-bond acceptors (Lipinski definition) is 1. The Morgan fingerprint density at radius 1 is 1.00 bits per heavy atom. The third-order valence-corrected chi connectivity index (χ3v) is 4.69. The summed E-state index contributed by atoms with van der Waals surface area (Å²) in [4.78, 5) is 14.1. The third-order valence-electron chi connectivity index (χ3n) is 4.69. The normalized spacial score (nSPS) is 17.4. The van der Waals surface area contributed by atoms with E-state index in [9.17, 15) is 9.18 Å². The summed E-state index contributed by atoms with van der Waals surface area (Å²) in [6.45, 7) is 0. The molecular weight excluding hydrogens is 289 g/mol. The molecule has 3 aromatic rings. The second-order valence-corrected chi connectivity index (χ2v) is 5.95. The van der Waals surface area contributed by atoms with E-state index in [1.165, 1.54) is 6.07 Å². The van der Waals surface area contributed by atoms with Crippen molar-refractivity contribution in [1.82, 2.24) is 0 Å². The number of carbonyl (C=O) groups is 1. The van der Waals surface area contributed by atoms with Crippen LogP contribution in [0.15, 0.2) is 60.7 Å². The van der Waals surface area contributed by atoms with Crippen molar-refractivity contribution in [2.45, 2.75) is 12.3 Å². The van der Waals surface area contributed by atoms with E-state index in [1.807, 2.05) is 42.5 Å². The van der Waals surface area contributed by atoms with Crippen LogP contribution < -0.4 is 4.90 Å².